The predicted molar refractivity (Wildman–Crippen MR) is 108 cm³/mol. The summed E-state index contributed by atoms with van der Waals surface area (Å²) in [6, 6.07) is 13.8. The molecule has 2 aromatic carbocycles. The molecule has 0 bridgehead atoms. The van der Waals surface area contributed by atoms with E-state index in [-0.39, 0.29) is 10.6 Å². The molecule has 0 radical (unpaired) electrons. The lowest BCUT2D eigenvalue weighted by molar-refractivity contribution is -0.385. The molecule has 8 heteroatoms. The zero-order valence-corrected chi connectivity index (χ0v) is 16.8. The highest BCUT2D eigenvalue weighted by Gasteiger charge is 2.29. The second-order valence-corrected chi connectivity index (χ2v) is 8.90. The first-order valence-corrected chi connectivity index (χ1v) is 10.9. The number of nitrogens with zero attached hydrogens (tertiary/aromatic N) is 3. The van der Waals surface area contributed by atoms with E-state index < -0.39 is 10.0 Å². The summed E-state index contributed by atoms with van der Waals surface area (Å²) >= 11 is 0. The van der Waals surface area contributed by atoms with Crippen molar-refractivity contribution < 1.29 is 13.3 Å². The topological polar surface area (TPSA) is 83.8 Å². The molecular weight excluding hydrogens is 378 g/mol. The van der Waals surface area contributed by atoms with Gasteiger partial charge in [-0.3, -0.25) is 15.0 Å². The average Bonchev–Trinajstić information content (AvgIpc) is 2.69. The van der Waals surface area contributed by atoms with E-state index in [4.69, 9.17) is 0 Å². The number of hydrogen-bond acceptors (Lipinski definition) is 5. The summed E-state index contributed by atoms with van der Waals surface area (Å²) in [7, 11) is -3.51. The molecule has 0 atom stereocenters. The summed E-state index contributed by atoms with van der Waals surface area (Å²) in [5.74, 6) is 0. The lowest BCUT2D eigenvalue weighted by atomic mass is 10.1. The SMILES string of the molecule is CCCc1ccc(S(=O)(=O)N2CCN(Cc3ccccc3[N+](=O)[O-])CC2)cc1. The van der Waals surface area contributed by atoms with Gasteiger partial charge in [0.2, 0.25) is 10.0 Å². The molecule has 28 heavy (non-hydrogen) atoms. The highest BCUT2D eigenvalue weighted by molar-refractivity contribution is 7.89. The van der Waals surface area contributed by atoms with Crippen molar-refractivity contribution >= 4 is 15.7 Å². The number of nitro groups is 1. The van der Waals surface area contributed by atoms with Crippen molar-refractivity contribution in [1.29, 1.82) is 0 Å². The Morgan fingerprint density at radius 2 is 1.64 bits per heavy atom. The summed E-state index contributed by atoms with van der Waals surface area (Å²) in [6.07, 6.45) is 1.96. The maximum atomic E-state index is 12.9. The zero-order chi connectivity index (χ0) is 20.1. The molecule has 0 amide bonds. The number of nitro benzene ring substituents is 1. The lowest BCUT2D eigenvalue weighted by Crippen LogP contribution is -2.48. The smallest absolute Gasteiger partial charge is 0.273 e. The van der Waals surface area contributed by atoms with E-state index in [0.29, 0.717) is 43.2 Å². The zero-order valence-electron chi connectivity index (χ0n) is 16.0. The van der Waals surface area contributed by atoms with Gasteiger partial charge in [-0.1, -0.05) is 43.7 Å². The Morgan fingerprint density at radius 1 is 1.00 bits per heavy atom. The molecule has 1 aliphatic heterocycles. The predicted octanol–water partition coefficient (Wildman–Crippen LogP) is 3.05. The third-order valence-corrected chi connectivity index (χ3v) is 6.93. The Balaban J connectivity index is 1.64. The van der Waals surface area contributed by atoms with Gasteiger partial charge < -0.3 is 0 Å². The van der Waals surface area contributed by atoms with E-state index in [2.05, 4.69) is 11.8 Å². The molecule has 0 aromatic heterocycles. The van der Waals surface area contributed by atoms with Crippen LogP contribution in [0.15, 0.2) is 53.4 Å². The summed E-state index contributed by atoms with van der Waals surface area (Å²) < 4.78 is 27.3. The first-order chi connectivity index (χ1) is 13.4. The van der Waals surface area contributed by atoms with E-state index in [1.54, 1.807) is 30.3 Å². The van der Waals surface area contributed by atoms with E-state index in [0.717, 1.165) is 18.4 Å². The van der Waals surface area contributed by atoms with Gasteiger partial charge in [-0.25, -0.2) is 8.42 Å². The minimum absolute atomic E-state index is 0.102. The van der Waals surface area contributed by atoms with Crippen LogP contribution in [0.1, 0.15) is 24.5 Å². The fourth-order valence-electron chi connectivity index (χ4n) is 3.46. The number of sulfonamides is 1. The van der Waals surface area contributed by atoms with Crippen LogP contribution in [0.25, 0.3) is 0 Å². The summed E-state index contributed by atoms with van der Waals surface area (Å²) in [5, 5.41) is 11.2. The molecule has 0 spiro atoms. The first-order valence-electron chi connectivity index (χ1n) is 9.45. The Bertz CT molecular complexity index is 921. The number of piperazine rings is 1. The Morgan fingerprint density at radius 3 is 2.25 bits per heavy atom. The van der Waals surface area contributed by atoms with Crippen molar-refractivity contribution in [2.45, 2.75) is 31.2 Å². The summed E-state index contributed by atoms with van der Waals surface area (Å²) in [6.45, 7) is 4.36. The average molecular weight is 404 g/mol. The highest BCUT2D eigenvalue weighted by atomic mass is 32.2. The van der Waals surface area contributed by atoms with Crippen LogP contribution in [0.4, 0.5) is 5.69 Å². The maximum Gasteiger partial charge on any atom is 0.273 e. The van der Waals surface area contributed by atoms with Gasteiger partial charge in [-0.15, -0.1) is 0 Å². The largest absolute Gasteiger partial charge is 0.296 e. The van der Waals surface area contributed by atoms with Gasteiger partial charge in [0.05, 0.1) is 9.82 Å². The van der Waals surface area contributed by atoms with Crippen molar-refractivity contribution in [3.05, 3.63) is 69.8 Å². The molecule has 0 saturated carbocycles. The number of rotatable bonds is 7. The van der Waals surface area contributed by atoms with Gasteiger partial charge in [0.25, 0.3) is 5.69 Å². The van der Waals surface area contributed by atoms with E-state index >= 15 is 0 Å². The molecule has 7 nitrogen and oxygen atoms in total. The van der Waals surface area contributed by atoms with Crippen LogP contribution in [0.5, 0.6) is 0 Å². The molecule has 1 saturated heterocycles. The molecule has 0 aliphatic carbocycles. The number of benzene rings is 2. The number of para-hydroxylation sites is 1. The molecule has 1 aliphatic rings. The van der Waals surface area contributed by atoms with Gasteiger partial charge >= 0.3 is 0 Å². The number of aryl methyl sites for hydroxylation is 1. The van der Waals surface area contributed by atoms with Crippen LogP contribution in [0.2, 0.25) is 0 Å². The van der Waals surface area contributed by atoms with Gasteiger partial charge in [0, 0.05) is 44.4 Å². The molecule has 3 rings (SSSR count). The van der Waals surface area contributed by atoms with Crippen LogP contribution in [0, 0.1) is 10.1 Å². The molecule has 150 valence electrons. The van der Waals surface area contributed by atoms with Crippen LogP contribution < -0.4 is 0 Å². The molecule has 1 heterocycles. The van der Waals surface area contributed by atoms with Crippen molar-refractivity contribution in [3.8, 4) is 0 Å². The van der Waals surface area contributed by atoms with Gasteiger partial charge in [-0.2, -0.15) is 4.31 Å². The first kappa shape index (κ1) is 20.4. The normalized spacial score (nSPS) is 16.2. The monoisotopic (exact) mass is 403 g/mol. The quantitative estimate of drug-likeness (QED) is 0.524. The molecule has 2 aromatic rings. The summed E-state index contributed by atoms with van der Waals surface area (Å²) in [5.41, 5.74) is 1.88. The molecular formula is C20H25N3O4S. The van der Waals surface area contributed by atoms with Crippen molar-refractivity contribution in [1.82, 2.24) is 9.21 Å². The molecule has 1 fully saturated rings. The second kappa shape index (κ2) is 8.81. The second-order valence-electron chi connectivity index (χ2n) is 6.96. The minimum atomic E-state index is -3.51. The molecule has 0 N–H and O–H groups in total. The highest BCUT2D eigenvalue weighted by Crippen LogP contribution is 2.22. The van der Waals surface area contributed by atoms with Crippen molar-refractivity contribution in [3.63, 3.8) is 0 Å². The molecule has 0 unspecified atom stereocenters. The standard InChI is InChI=1S/C20H25N3O4S/c1-2-5-17-8-10-19(11-9-17)28(26,27)22-14-12-21(13-15-22)16-18-6-3-4-7-20(18)23(24)25/h3-4,6-11H,2,5,12-16H2,1H3. The minimum Gasteiger partial charge on any atom is -0.296 e. The van der Waals surface area contributed by atoms with Crippen LogP contribution in [-0.2, 0) is 23.0 Å². The van der Waals surface area contributed by atoms with E-state index in [1.807, 2.05) is 12.1 Å². The Labute approximate surface area is 165 Å². The fourth-order valence-corrected chi connectivity index (χ4v) is 4.88. The van der Waals surface area contributed by atoms with Crippen LogP contribution in [-0.4, -0.2) is 48.7 Å². The lowest BCUT2D eigenvalue weighted by Gasteiger charge is -2.33. The third kappa shape index (κ3) is 4.57. The van der Waals surface area contributed by atoms with Crippen molar-refractivity contribution in [2.24, 2.45) is 0 Å². The van der Waals surface area contributed by atoms with Gasteiger partial charge in [0.15, 0.2) is 0 Å². The van der Waals surface area contributed by atoms with E-state index in [1.165, 1.54) is 10.4 Å². The van der Waals surface area contributed by atoms with E-state index in [9.17, 15) is 18.5 Å². The van der Waals surface area contributed by atoms with Crippen LogP contribution >= 0.6 is 0 Å². The number of hydrogen-bond donors (Lipinski definition) is 0. The summed E-state index contributed by atoms with van der Waals surface area (Å²) in [4.78, 5) is 13.2. The Kier molecular flexibility index (Phi) is 6.43. The Hall–Kier alpha value is -2.29. The van der Waals surface area contributed by atoms with Gasteiger partial charge in [-0.05, 0) is 24.1 Å². The van der Waals surface area contributed by atoms with Crippen LogP contribution in [0.3, 0.4) is 0 Å². The fraction of sp³-hybridized carbons (Fsp3) is 0.400. The third-order valence-electron chi connectivity index (χ3n) is 5.01. The van der Waals surface area contributed by atoms with Gasteiger partial charge in [0.1, 0.15) is 0 Å². The van der Waals surface area contributed by atoms with Crippen molar-refractivity contribution in [2.75, 3.05) is 26.2 Å². The maximum absolute atomic E-state index is 12.9.